The predicted octanol–water partition coefficient (Wildman–Crippen LogP) is 4.40. The van der Waals surface area contributed by atoms with E-state index in [1.54, 1.807) is 7.05 Å². The number of hydrogen-bond acceptors (Lipinski definition) is 7. The summed E-state index contributed by atoms with van der Waals surface area (Å²) in [6.45, 7) is 0. The van der Waals surface area contributed by atoms with Crippen LogP contribution in [0.1, 0.15) is 5.69 Å². The topological polar surface area (TPSA) is 91.7 Å². The van der Waals surface area contributed by atoms with Gasteiger partial charge < -0.3 is 15.7 Å². The van der Waals surface area contributed by atoms with Gasteiger partial charge in [-0.05, 0) is 23.5 Å². The van der Waals surface area contributed by atoms with Crippen LogP contribution < -0.4 is 16.6 Å². The second-order valence-electron chi connectivity index (χ2n) is 5.79. The molecule has 0 atom stereocenters. The van der Waals surface area contributed by atoms with Gasteiger partial charge >= 0.3 is 12.1 Å². The van der Waals surface area contributed by atoms with E-state index in [-0.39, 0.29) is 5.76 Å². The molecule has 0 spiro atoms. The van der Waals surface area contributed by atoms with E-state index in [0.29, 0.717) is 16.3 Å². The first-order chi connectivity index (χ1) is 14.3. The average molecular weight is 475 g/mol. The summed E-state index contributed by atoms with van der Waals surface area (Å²) in [5, 5.41) is 1.76. The summed E-state index contributed by atoms with van der Waals surface area (Å²) in [5.74, 6) is -5.80. The first-order valence-corrected chi connectivity index (χ1v) is 8.46. The van der Waals surface area contributed by atoms with Gasteiger partial charge in [-0.25, -0.2) is 5.43 Å². The average Bonchev–Trinajstić information content (AvgIpc) is 3.15. The molecule has 0 unspecified atom stereocenters. The Bertz CT molecular complexity index is 1000. The van der Waals surface area contributed by atoms with E-state index in [0.717, 1.165) is 13.1 Å². The fourth-order valence-electron chi connectivity index (χ4n) is 2.37. The van der Waals surface area contributed by atoms with Gasteiger partial charge in [-0.15, -0.1) is 0 Å². The van der Waals surface area contributed by atoms with E-state index in [2.05, 4.69) is 21.0 Å². The summed E-state index contributed by atoms with van der Waals surface area (Å²) in [4.78, 5) is 3.36. The highest BCUT2D eigenvalue weighted by Gasteiger charge is 2.61. The molecule has 0 radical (unpaired) electrons. The van der Waals surface area contributed by atoms with E-state index in [4.69, 9.17) is 21.9 Å². The molecule has 0 bridgehead atoms. The zero-order valence-corrected chi connectivity index (χ0v) is 16.4. The van der Waals surface area contributed by atoms with Crippen molar-refractivity contribution in [2.24, 2.45) is 10.7 Å². The normalized spacial score (nSPS) is 13.8. The number of allylic oxidation sites excluding steroid dienone is 2. The molecule has 2 aromatic rings. The Balaban J connectivity index is 2.56. The van der Waals surface area contributed by atoms with Crippen molar-refractivity contribution in [2.75, 3.05) is 19.5 Å². The minimum atomic E-state index is -6.22. The van der Waals surface area contributed by atoms with Crippen LogP contribution in [0.4, 0.5) is 36.6 Å². The Morgan fingerprint density at radius 3 is 2.35 bits per heavy atom. The van der Waals surface area contributed by atoms with Crippen molar-refractivity contribution in [1.29, 1.82) is 0 Å². The van der Waals surface area contributed by atoms with Crippen LogP contribution in [0, 0.1) is 0 Å². The van der Waals surface area contributed by atoms with Gasteiger partial charge in [0.05, 0.1) is 10.7 Å². The lowest BCUT2D eigenvalue weighted by molar-refractivity contribution is -0.266. The maximum atomic E-state index is 13.6. The minimum absolute atomic E-state index is 0.0447. The van der Waals surface area contributed by atoms with Crippen LogP contribution in [0.3, 0.4) is 0 Å². The number of hydrazine groups is 1. The molecule has 0 aliphatic rings. The van der Waals surface area contributed by atoms with Crippen LogP contribution in [0.2, 0.25) is 5.02 Å². The maximum absolute atomic E-state index is 13.6. The second-order valence-corrected chi connectivity index (χ2v) is 6.19. The molecule has 0 saturated heterocycles. The largest absolute Gasteiger partial charge is 0.459 e. The quantitative estimate of drug-likeness (QED) is 0.238. The fraction of sp³-hybridized carbons (Fsp3) is 0.250. The lowest BCUT2D eigenvalue weighted by Crippen LogP contribution is -2.43. The number of nitrogens with one attached hydrogen (secondary N) is 2. The Labute approximate surface area is 175 Å². The van der Waals surface area contributed by atoms with Gasteiger partial charge in [0.2, 0.25) is 0 Å². The summed E-state index contributed by atoms with van der Waals surface area (Å²) in [6.07, 6.45) is -6.22. The highest BCUT2D eigenvalue weighted by Crippen LogP contribution is 2.41. The maximum Gasteiger partial charge on any atom is 0.459 e. The van der Waals surface area contributed by atoms with Crippen molar-refractivity contribution < 1.29 is 35.4 Å². The van der Waals surface area contributed by atoms with Gasteiger partial charge in [0, 0.05) is 25.7 Å². The molecule has 7 nitrogen and oxygen atoms in total. The van der Waals surface area contributed by atoms with Gasteiger partial charge in [0.25, 0.3) is 0 Å². The van der Waals surface area contributed by atoms with Gasteiger partial charge in [0.15, 0.2) is 11.5 Å². The summed E-state index contributed by atoms with van der Waals surface area (Å²) in [7, 11) is 2.44. The lowest BCUT2D eigenvalue weighted by atomic mass is 10.1. The van der Waals surface area contributed by atoms with Crippen molar-refractivity contribution in [3.63, 3.8) is 0 Å². The molecular weight excluding hydrogens is 461 g/mol. The molecule has 1 aromatic carbocycles. The van der Waals surface area contributed by atoms with Crippen LogP contribution in [0.5, 0.6) is 0 Å². The number of anilines is 1. The number of halogens is 8. The molecule has 15 heteroatoms. The number of benzene rings is 1. The van der Waals surface area contributed by atoms with Crippen molar-refractivity contribution in [1.82, 2.24) is 15.9 Å². The third kappa shape index (κ3) is 4.85. The van der Waals surface area contributed by atoms with Crippen molar-refractivity contribution in [3.8, 4) is 11.3 Å². The second kappa shape index (κ2) is 9.01. The Morgan fingerprint density at radius 2 is 1.84 bits per heavy atom. The number of rotatable bonds is 7. The number of aromatic nitrogens is 1. The number of alkyl halides is 5. The number of aliphatic imine (C=N–C) groups is 1. The zero-order valence-electron chi connectivity index (χ0n) is 15.7. The Morgan fingerprint density at radius 1 is 1.19 bits per heavy atom. The fourth-order valence-corrected chi connectivity index (χ4v) is 2.54. The van der Waals surface area contributed by atoms with Crippen LogP contribution in [0.25, 0.3) is 11.3 Å². The molecule has 4 N–H and O–H groups in total. The van der Waals surface area contributed by atoms with Crippen LogP contribution in [-0.4, -0.2) is 42.4 Å². The zero-order chi connectivity index (χ0) is 23.6. The molecule has 31 heavy (non-hydrogen) atoms. The third-order valence-electron chi connectivity index (χ3n) is 3.83. The van der Waals surface area contributed by atoms with E-state index in [1.165, 1.54) is 18.2 Å². The molecule has 0 aliphatic heterocycles. The van der Waals surface area contributed by atoms with Gasteiger partial charge in [-0.3, -0.25) is 4.99 Å². The Kier molecular flexibility index (Phi) is 7.06. The van der Waals surface area contributed by atoms with Crippen molar-refractivity contribution >= 4 is 23.0 Å². The SMILES string of the molecule is CN=C(C(=C(N)C(F)(F)C(F)(F)F)N(F)F)c1cc(-c2ccc(Cl)c(NNC)c2)on1. The van der Waals surface area contributed by atoms with Crippen molar-refractivity contribution in [3.05, 3.63) is 46.4 Å². The van der Waals surface area contributed by atoms with E-state index in [9.17, 15) is 30.9 Å². The summed E-state index contributed by atoms with van der Waals surface area (Å²) in [6, 6.07) is 5.42. The highest BCUT2D eigenvalue weighted by atomic mass is 35.5. The Hall–Kier alpha value is -3.00. The number of hydrogen-bond donors (Lipinski definition) is 3. The smallest absolute Gasteiger partial charge is 0.395 e. The molecule has 0 saturated carbocycles. The summed E-state index contributed by atoms with van der Waals surface area (Å²) < 4.78 is 96.7. The lowest BCUT2D eigenvalue weighted by Gasteiger charge is -2.22. The first kappa shape index (κ1) is 24.3. The summed E-state index contributed by atoms with van der Waals surface area (Å²) >= 11 is 5.99. The van der Waals surface area contributed by atoms with Crippen molar-refractivity contribution in [2.45, 2.75) is 12.1 Å². The van der Waals surface area contributed by atoms with E-state index >= 15 is 0 Å². The molecule has 1 heterocycles. The molecule has 1 aromatic heterocycles. The molecule has 170 valence electrons. The first-order valence-electron chi connectivity index (χ1n) is 8.08. The molecule has 0 aliphatic carbocycles. The van der Waals surface area contributed by atoms with E-state index in [1.807, 2.05) is 0 Å². The minimum Gasteiger partial charge on any atom is -0.395 e. The molecule has 0 fully saturated rings. The van der Waals surface area contributed by atoms with Gasteiger partial charge in [-0.1, -0.05) is 25.7 Å². The third-order valence-corrected chi connectivity index (χ3v) is 4.16. The van der Waals surface area contributed by atoms with Crippen LogP contribution in [0.15, 0.2) is 45.2 Å². The number of nitrogens with zero attached hydrogens (tertiary/aromatic N) is 3. The molecular formula is C16H14ClF7N6O. The standard InChI is InChI=1S/C16H14ClF7N6O/c1-26-12(13(30(23)24)14(25)15(18,19)16(20,21)22)10-6-11(31-29-10)7-3-4-8(17)9(5-7)28-27-2/h3-6,27-28H,25H2,1-2H3. The van der Waals surface area contributed by atoms with Gasteiger partial charge in [0.1, 0.15) is 17.1 Å². The monoisotopic (exact) mass is 474 g/mol. The van der Waals surface area contributed by atoms with Crippen LogP contribution in [-0.2, 0) is 0 Å². The predicted molar refractivity (Wildman–Crippen MR) is 98.4 cm³/mol. The summed E-state index contributed by atoms with van der Waals surface area (Å²) in [5.41, 5.74) is 4.83. The van der Waals surface area contributed by atoms with E-state index < -0.39 is 40.2 Å². The number of nitrogens with two attached hydrogens (primary N) is 1. The molecule has 0 amide bonds. The molecule has 2 rings (SSSR count). The van der Waals surface area contributed by atoms with Crippen LogP contribution >= 0.6 is 11.6 Å². The highest BCUT2D eigenvalue weighted by molar-refractivity contribution is 6.33. The van der Waals surface area contributed by atoms with Gasteiger partial charge in [-0.2, -0.15) is 22.0 Å².